The van der Waals surface area contributed by atoms with Crippen LogP contribution in [0.15, 0.2) is 23.2 Å². The van der Waals surface area contributed by atoms with E-state index in [4.69, 9.17) is 0 Å². The maximum Gasteiger partial charge on any atom is 0.0795 e. The molecule has 0 fully saturated rings. The Balaban J connectivity index is 1.87. The highest BCUT2D eigenvalue weighted by Gasteiger charge is 2.05. The topological polar surface area (TPSA) is 53.6 Å². The normalized spacial score (nSPS) is 12.9. The van der Waals surface area contributed by atoms with Crippen molar-refractivity contribution in [2.24, 2.45) is 0 Å². The van der Waals surface area contributed by atoms with Crippen molar-refractivity contribution >= 4 is 11.3 Å². The molecule has 1 unspecified atom stereocenters. The Hall–Kier alpha value is -1.20. The van der Waals surface area contributed by atoms with E-state index in [1.807, 2.05) is 17.0 Å². The third-order valence-corrected chi connectivity index (χ3v) is 2.70. The van der Waals surface area contributed by atoms with Crippen molar-refractivity contribution in [3.8, 4) is 0 Å². The zero-order chi connectivity index (χ0) is 9.80. The summed E-state index contributed by atoms with van der Waals surface area (Å²) >= 11 is 1.62. The molecule has 0 spiro atoms. The van der Waals surface area contributed by atoms with Gasteiger partial charge in [-0.3, -0.25) is 5.10 Å². The zero-order valence-corrected chi connectivity index (χ0v) is 8.71. The molecule has 4 nitrogen and oxygen atoms in total. The first kappa shape index (κ1) is 9.36. The van der Waals surface area contributed by atoms with Gasteiger partial charge in [0.15, 0.2) is 0 Å². The van der Waals surface area contributed by atoms with Crippen molar-refractivity contribution < 1.29 is 0 Å². The van der Waals surface area contributed by atoms with Crippen molar-refractivity contribution in [1.29, 1.82) is 0 Å². The molecule has 0 radical (unpaired) electrons. The van der Waals surface area contributed by atoms with Crippen LogP contribution >= 0.6 is 11.3 Å². The van der Waals surface area contributed by atoms with Crippen LogP contribution in [0.2, 0.25) is 0 Å². The standard InChI is InChI=1S/C9H12N4S/c1-7(9-2-3-12-13-9)10-4-8-5-14-6-11-8/h2-3,5-7,10H,4H2,1H3,(H,12,13). The van der Waals surface area contributed by atoms with Gasteiger partial charge >= 0.3 is 0 Å². The van der Waals surface area contributed by atoms with E-state index in [1.54, 1.807) is 17.5 Å². The van der Waals surface area contributed by atoms with Crippen molar-refractivity contribution in [1.82, 2.24) is 20.5 Å². The van der Waals surface area contributed by atoms with Crippen LogP contribution in [0.1, 0.15) is 24.4 Å². The summed E-state index contributed by atoms with van der Waals surface area (Å²) in [5, 5.41) is 12.3. The highest BCUT2D eigenvalue weighted by molar-refractivity contribution is 7.07. The quantitative estimate of drug-likeness (QED) is 0.804. The van der Waals surface area contributed by atoms with E-state index in [0.717, 1.165) is 17.9 Å². The lowest BCUT2D eigenvalue weighted by atomic mass is 10.2. The predicted octanol–water partition coefficient (Wildman–Crippen LogP) is 1.72. The average molecular weight is 208 g/mol. The van der Waals surface area contributed by atoms with Crippen LogP contribution in [-0.4, -0.2) is 15.2 Å². The predicted molar refractivity (Wildman–Crippen MR) is 56.0 cm³/mol. The van der Waals surface area contributed by atoms with E-state index in [9.17, 15) is 0 Å². The van der Waals surface area contributed by atoms with Gasteiger partial charge in [-0.15, -0.1) is 11.3 Å². The Morgan fingerprint density at radius 2 is 2.57 bits per heavy atom. The number of thiazole rings is 1. The number of H-pyrrole nitrogens is 1. The maximum atomic E-state index is 4.20. The molecular formula is C9H12N4S. The van der Waals surface area contributed by atoms with Gasteiger partial charge in [0.2, 0.25) is 0 Å². The fourth-order valence-corrected chi connectivity index (χ4v) is 1.76. The molecule has 0 saturated carbocycles. The minimum absolute atomic E-state index is 0.277. The van der Waals surface area contributed by atoms with Crippen LogP contribution in [0.25, 0.3) is 0 Å². The van der Waals surface area contributed by atoms with E-state index < -0.39 is 0 Å². The summed E-state index contributed by atoms with van der Waals surface area (Å²) in [7, 11) is 0. The molecule has 1 atom stereocenters. The molecule has 2 aromatic rings. The van der Waals surface area contributed by atoms with E-state index in [2.05, 4.69) is 27.4 Å². The zero-order valence-electron chi connectivity index (χ0n) is 7.90. The molecule has 0 aliphatic rings. The van der Waals surface area contributed by atoms with Crippen molar-refractivity contribution in [3.05, 3.63) is 34.5 Å². The van der Waals surface area contributed by atoms with Gasteiger partial charge in [0.1, 0.15) is 0 Å². The Kier molecular flexibility index (Phi) is 2.90. The largest absolute Gasteiger partial charge is 0.303 e. The first-order valence-electron chi connectivity index (χ1n) is 4.46. The summed E-state index contributed by atoms with van der Waals surface area (Å²) in [6, 6.07) is 2.25. The number of hydrogen-bond donors (Lipinski definition) is 2. The fourth-order valence-electron chi connectivity index (χ4n) is 1.20. The molecular weight excluding hydrogens is 196 g/mol. The van der Waals surface area contributed by atoms with Crippen LogP contribution in [0.4, 0.5) is 0 Å². The summed E-state index contributed by atoms with van der Waals surface area (Å²) in [5.41, 5.74) is 4.03. The Morgan fingerprint density at radius 1 is 1.64 bits per heavy atom. The molecule has 5 heteroatoms. The summed E-state index contributed by atoms with van der Waals surface area (Å²) in [5.74, 6) is 0. The fraction of sp³-hybridized carbons (Fsp3) is 0.333. The van der Waals surface area contributed by atoms with Gasteiger partial charge in [0.25, 0.3) is 0 Å². The van der Waals surface area contributed by atoms with Gasteiger partial charge in [-0.2, -0.15) is 5.10 Å². The molecule has 14 heavy (non-hydrogen) atoms. The lowest BCUT2D eigenvalue weighted by molar-refractivity contribution is 0.555. The first-order chi connectivity index (χ1) is 6.86. The molecule has 2 rings (SSSR count). The Morgan fingerprint density at radius 3 is 3.21 bits per heavy atom. The molecule has 0 aliphatic carbocycles. The van der Waals surface area contributed by atoms with Crippen molar-refractivity contribution in [2.75, 3.05) is 0 Å². The number of hydrogen-bond acceptors (Lipinski definition) is 4. The monoisotopic (exact) mass is 208 g/mol. The SMILES string of the molecule is CC(NCc1cscn1)c1ccn[nH]1. The van der Waals surface area contributed by atoms with Gasteiger partial charge in [-0.1, -0.05) is 0 Å². The van der Waals surface area contributed by atoms with E-state index in [-0.39, 0.29) is 6.04 Å². The van der Waals surface area contributed by atoms with Crippen molar-refractivity contribution in [3.63, 3.8) is 0 Å². The summed E-state index contributed by atoms with van der Waals surface area (Å²) in [6.07, 6.45) is 1.76. The second kappa shape index (κ2) is 4.34. The minimum atomic E-state index is 0.277. The number of nitrogens with one attached hydrogen (secondary N) is 2. The summed E-state index contributed by atoms with van der Waals surface area (Å²) in [4.78, 5) is 4.20. The molecule has 0 aromatic carbocycles. The number of nitrogens with zero attached hydrogens (tertiary/aromatic N) is 2. The molecule has 74 valence electrons. The minimum Gasteiger partial charge on any atom is -0.303 e. The third-order valence-electron chi connectivity index (χ3n) is 2.06. The van der Waals surface area contributed by atoms with Gasteiger partial charge in [-0.05, 0) is 13.0 Å². The highest BCUT2D eigenvalue weighted by Crippen LogP contribution is 2.09. The third kappa shape index (κ3) is 2.18. The molecule has 0 bridgehead atoms. The molecule has 2 heterocycles. The Labute approximate surface area is 86.4 Å². The maximum absolute atomic E-state index is 4.20. The number of aromatic nitrogens is 3. The molecule has 2 N–H and O–H groups in total. The number of aromatic amines is 1. The van der Waals surface area contributed by atoms with Crippen molar-refractivity contribution in [2.45, 2.75) is 19.5 Å². The smallest absolute Gasteiger partial charge is 0.0795 e. The van der Waals surface area contributed by atoms with E-state index >= 15 is 0 Å². The van der Waals surface area contributed by atoms with Crippen LogP contribution in [0.3, 0.4) is 0 Å². The van der Waals surface area contributed by atoms with Crippen LogP contribution in [-0.2, 0) is 6.54 Å². The van der Waals surface area contributed by atoms with Crippen LogP contribution in [0, 0.1) is 0 Å². The highest BCUT2D eigenvalue weighted by atomic mass is 32.1. The Bertz CT molecular complexity index is 354. The van der Waals surface area contributed by atoms with Crippen LogP contribution < -0.4 is 5.32 Å². The van der Waals surface area contributed by atoms with Gasteiger partial charge < -0.3 is 5.32 Å². The second-order valence-corrected chi connectivity index (χ2v) is 3.81. The molecule has 0 amide bonds. The first-order valence-corrected chi connectivity index (χ1v) is 5.40. The average Bonchev–Trinajstić information content (AvgIpc) is 2.87. The van der Waals surface area contributed by atoms with Crippen LogP contribution in [0.5, 0.6) is 0 Å². The van der Waals surface area contributed by atoms with Gasteiger partial charge in [-0.25, -0.2) is 4.98 Å². The van der Waals surface area contributed by atoms with Gasteiger partial charge in [0.05, 0.1) is 16.9 Å². The summed E-state index contributed by atoms with van der Waals surface area (Å²) < 4.78 is 0. The van der Waals surface area contributed by atoms with Gasteiger partial charge in [0, 0.05) is 24.2 Å². The summed E-state index contributed by atoms with van der Waals surface area (Å²) in [6.45, 7) is 2.89. The van der Waals surface area contributed by atoms with E-state index in [1.165, 1.54) is 0 Å². The lowest BCUT2D eigenvalue weighted by Crippen LogP contribution is -2.18. The lowest BCUT2D eigenvalue weighted by Gasteiger charge is -2.09. The molecule has 0 aliphatic heterocycles. The number of rotatable bonds is 4. The second-order valence-electron chi connectivity index (χ2n) is 3.09. The van der Waals surface area contributed by atoms with E-state index in [0.29, 0.717) is 0 Å². The molecule has 2 aromatic heterocycles. The molecule has 0 saturated heterocycles.